The van der Waals surface area contributed by atoms with Gasteiger partial charge in [-0.05, 0) is 0 Å². The smallest absolute Gasteiger partial charge is 0.0146 e. The summed E-state index contributed by atoms with van der Waals surface area (Å²) >= 11 is 4.04. The fourth-order valence-electron chi connectivity index (χ4n) is 0.190. The van der Waals surface area contributed by atoms with Crippen LogP contribution < -0.4 is 11.5 Å². The van der Waals surface area contributed by atoms with Crippen LogP contribution in [0.4, 0.5) is 0 Å². The molecule has 0 aliphatic rings. The number of rotatable bonds is 3. The molecule has 0 saturated heterocycles. The van der Waals surface area contributed by atoms with Gasteiger partial charge in [-0.1, -0.05) is 7.92 Å². The third-order valence-corrected chi connectivity index (χ3v) is 3.35. The first-order valence-electron chi connectivity index (χ1n) is 2.08. The van der Waals surface area contributed by atoms with E-state index in [1.54, 1.807) is 0 Å². The van der Waals surface area contributed by atoms with Gasteiger partial charge in [0.15, 0.2) is 0 Å². The summed E-state index contributed by atoms with van der Waals surface area (Å²) in [6.07, 6.45) is 1.44. The minimum Gasteiger partial charge on any atom is -0.327 e. The fourth-order valence-corrected chi connectivity index (χ4v) is 1.26. The number of nitrogens with two attached hydrogens (primary N) is 2. The van der Waals surface area contributed by atoms with E-state index in [0.717, 1.165) is 18.1 Å². The topological polar surface area (TPSA) is 52.0 Å². The average Bonchev–Trinajstić information content (AvgIpc) is 1.72. The molecule has 2 nitrogen and oxygen atoms in total. The predicted octanol–water partition coefficient (Wildman–Crippen LogP) is 0.188. The third-order valence-electron chi connectivity index (χ3n) is 0.716. The summed E-state index contributed by atoms with van der Waals surface area (Å²) in [4.78, 5) is 0. The second-order valence-corrected chi connectivity index (χ2v) is 4.38. The van der Waals surface area contributed by atoms with E-state index in [2.05, 4.69) is 12.6 Å². The SMILES string of the molecule is NCP(CN)CS. The standard InChI is InChI=1S/C3H11N2PS/c4-1-6(2-5)3-7/h7H,1-5H2. The maximum Gasteiger partial charge on any atom is 0.0146 e. The lowest BCUT2D eigenvalue weighted by molar-refractivity contribution is 1.30. The molecule has 0 aliphatic carbocycles. The Morgan fingerprint density at radius 1 is 1.29 bits per heavy atom. The van der Waals surface area contributed by atoms with Crippen LogP contribution in [0.25, 0.3) is 0 Å². The Labute approximate surface area is 50.8 Å². The minimum atomic E-state index is -0.134. The van der Waals surface area contributed by atoms with E-state index in [1.165, 1.54) is 0 Å². The van der Waals surface area contributed by atoms with Crippen LogP contribution in [0, 0.1) is 0 Å². The van der Waals surface area contributed by atoms with Gasteiger partial charge >= 0.3 is 0 Å². The van der Waals surface area contributed by atoms with Crippen molar-refractivity contribution in [2.45, 2.75) is 0 Å². The number of hydrogen-bond donors (Lipinski definition) is 3. The molecule has 44 valence electrons. The highest BCUT2D eigenvalue weighted by Crippen LogP contribution is 2.30. The van der Waals surface area contributed by atoms with Gasteiger partial charge in [0, 0.05) is 18.1 Å². The van der Waals surface area contributed by atoms with E-state index >= 15 is 0 Å². The van der Waals surface area contributed by atoms with Gasteiger partial charge in [0.05, 0.1) is 0 Å². The molecular weight excluding hydrogens is 127 g/mol. The first-order chi connectivity index (χ1) is 3.35. The molecule has 4 heteroatoms. The molecule has 0 aromatic carbocycles. The Kier molecular flexibility index (Phi) is 5.33. The molecular formula is C3H11N2PS. The lowest BCUT2D eigenvalue weighted by atomic mass is 11.5. The molecule has 0 spiro atoms. The molecule has 0 saturated carbocycles. The lowest BCUT2D eigenvalue weighted by Crippen LogP contribution is -2.06. The largest absolute Gasteiger partial charge is 0.327 e. The monoisotopic (exact) mass is 138 g/mol. The highest BCUT2D eigenvalue weighted by Gasteiger charge is 1.95. The van der Waals surface area contributed by atoms with Gasteiger partial charge < -0.3 is 11.5 Å². The van der Waals surface area contributed by atoms with Crippen LogP contribution in [0.5, 0.6) is 0 Å². The van der Waals surface area contributed by atoms with E-state index in [-0.39, 0.29) is 7.92 Å². The first-order valence-corrected chi connectivity index (χ1v) is 4.61. The molecule has 0 amide bonds. The maximum absolute atomic E-state index is 5.29. The third kappa shape index (κ3) is 3.30. The summed E-state index contributed by atoms with van der Waals surface area (Å²) in [6.45, 7) is 0. The van der Waals surface area contributed by atoms with Crippen molar-refractivity contribution in [1.29, 1.82) is 0 Å². The highest BCUT2D eigenvalue weighted by atomic mass is 32.1. The fraction of sp³-hybridized carbons (Fsp3) is 1.00. The van der Waals surface area contributed by atoms with Gasteiger partial charge in [0.25, 0.3) is 0 Å². The van der Waals surface area contributed by atoms with Crippen LogP contribution >= 0.6 is 20.6 Å². The van der Waals surface area contributed by atoms with Crippen molar-refractivity contribution in [2.75, 3.05) is 18.1 Å². The van der Waals surface area contributed by atoms with E-state index in [1.807, 2.05) is 0 Å². The Bertz CT molecular complexity index is 34.4. The summed E-state index contributed by atoms with van der Waals surface area (Å²) in [7, 11) is -0.134. The molecule has 0 aromatic rings. The molecule has 0 aliphatic heterocycles. The second kappa shape index (κ2) is 4.85. The zero-order valence-corrected chi connectivity index (χ0v) is 5.96. The van der Waals surface area contributed by atoms with Crippen molar-refractivity contribution in [1.82, 2.24) is 0 Å². The van der Waals surface area contributed by atoms with Crippen molar-refractivity contribution in [3.8, 4) is 0 Å². The minimum absolute atomic E-state index is 0.134. The molecule has 0 fully saturated rings. The van der Waals surface area contributed by atoms with E-state index < -0.39 is 0 Å². The summed E-state index contributed by atoms with van der Waals surface area (Å²) in [5, 5.41) is 0. The Morgan fingerprint density at radius 2 is 1.71 bits per heavy atom. The quantitative estimate of drug-likeness (QED) is 0.385. The lowest BCUT2D eigenvalue weighted by Gasteiger charge is -2.06. The van der Waals surface area contributed by atoms with E-state index in [9.17, 15) is 0 Å². The predicted molar refractivity (Wildman–Crippen MR) is 38.9 cm³/mol. The van der Waals surface area contributed by atoms with Gasteiger partial charge in [-0.25, -0.2) is 0 Å². The second-order valence-electron chi connectivity index (χ2n) is 1.18. The van der Waals surface area contributed by atoms with Crippen molar-refractivity contribution >= 4 is 20.6 Å². The first kappa shape index (κ1) is 7.70. The molecule has 0 unspecified atom stereocenters. The molecule has 0 atom stereocenters. The van der Waals surface area contributed by atoms with Crippen LogP contribution in [0.15, 0.2) is 0 Å². The van der Waals surface area contributed by atoms with Crippen molar-refractivity contribution in [3.05, 3.63) is 0 Å². The molecule has 0 aromatic heterocycles. The summed E-state index contributed by atoms with van der Waals surface area (Å²) in [6, 6.07) is 0. The summed E-state index contributed by atoms with van der Waals surface area (Å²) < 4.78 is 0. The van der Waals surface area contributed by atoms with E-state index in [0.29, 0.717) is 0 Å². The van der Waals surface area contributed by atoms with Crippen LogP contribution in [0.2, 0.25) is 0 Å². The van der Waals surface area contributed by atoms with Crippen molar-refractivity contribution in [3.63, 3.8) is 0 Å². The zero-order chi connectivity index (χ0) is 5.70. The van der Waals surface area contributed by atoms with Crippen molar-refractivity contribution in [2.24, 2.45) is 11.5 Å². The van der Waals surface area contributed by atoms with Gasteiger partial charge in [-0.2, -0.15) is 12.6 Å². The Balaban J connectivity index is 2.99. The normalized spacial score (nSPS) is 10.3. The highest BCUT2D eigenvalue weighted by molar-refractivity contribution is 7.89. The van der Waals surface area contributed by atoms with Crippen LogP contribution in [0.3, 0.4) is 0 Å². The number of thiol groups is 1. The zero-order valence-electron chi connectivity index (χ0n) is 4.17. The molecule has 4 N–H and O–H groups in total. The summed E-state index contributed by atoms with van der Waals surface area (Å²) in [5.74, 6) is 0. The molecule has 0 rings (SSSR count). The maximum atomic E-state index is 5.29. The van der Waals surface area contributed by atoms with Gasteiger partial charge in [0.1, 0.15) is 0 Å². The molecule has 0 radical (unpaired) electrons. The molecule has 7 heavy (non-hydrogen) atoms. The summed E-state index contributed by atoms with van der Waals surface area (Å²) in [5.41, 5.74) is 11.5. The van der Waals surface area contributed by atoms with Crippen LogP contribution in [-0.2, 0) is 0 Å². The average molecular weight is 138 g/mol. The number of hydrogen-bond acceptors (Lipinski definition) is 3. The van der Waals surface area contributed by atoms with Crippen molar-refractivity contribution < 1.29 is 0 Å². The van der Waals surface area contributed by atoms with Crippen LogP contribution in [-0.4, -0.2) is 18.1 Å². The van der Waals surface area contributed by atoms with Gasteiger partial charge in [-0.3, -0.25) is 0 Å². The van der Waals surface area contributed by atoms with Gasteiger partial charge in [-0.15, -0.1) is 0 Å². The van der Waals surface area contributed by atoms with Gasteiger partial charge in [0.2, 0.25) is 0 Å². The molecule has 0 heterocycles. The Hall–Kier alpha value is 0.700. The molecule has 0 bridgehead atoms. The Morgan fingerprint density at radius 3 is 1.71 bits per heavy atom. The van der Waals surface area contributed by atoms with Crippen LogP contribution in [0.1, 0.15) is 0 Å². The van der Waals surface area contributed by atoms with E-state index in [4.69, 9.17) is 11.5 Å².